The number of fused-ring (bicyclic) bond motifs is 4. The van der Waals surface area contributed by atoms with Crippen LogP contribution in [-0.2, 0) is 14.3 Å². The van der Waals surface area contributed by atoms with Crippen molar-refractivity contribution < 1.29 is 19.4 Å². The Kier molecular flexibility index (Phi) is 16.0. The standard InChI is InChI=1S/C52H72N4O4/c1-9-11-12-13-14-15-16-17-18-19-20-21-22-23-24-25-28-60-46(59)27-26-39-33(4)49-36(7)50-35(6)47(37(8)57)44(55-50)31-41-32(3)38(10-2)43(53-41)30-42-34(5)48-45(58)29-40(51(39)56-49)52(48)54-42/h30-31,33,37,39,57H,9-29H2,1-8H3. The first kappa shape index (κ1) is 45.5. The summed E-state index contributed by atoms with van der Waals surface area (Å²) in [4.78, 5) is 47.7. The fraction of sp³-hybridized carbons (Fsp3) is 0.615. The predicted octanol–water partition coefficient (Wildman–Crippen LogP) is 12.7. The Balaban J connectivity index is 1.11. The molecule has 1 aliphatic carbocycles. The minimum Gasteiger partial charge on any atom is -0.466 e. The zero-order valence-corrected chi connectivity index (χ0v) is 38.2. The summed E-state index contributed by atoms with van der Waals surface area (Å²) in [6.07, 6.45) is 26.1. The van der Waals surface area contributed by atoms with Gasteiger partial charge in [-0.05, 0) is 93.9 Å². The average molecular weight is 817 g/mol. The van der Waals surface area contributed by atoms with Gasteiger partial charge in [0.2, 0.25) is 0 Å². The van der Waals surface area contributed by atoms with Gasteiger partial charge in [-0.2, -0.15) is 0 Å². The van der Waals surface area contributed by atoms with E-state index in [-0.39, 0.29) is 36.4 Å². The third kappa shape index (κ3) is 10.2. The number of Topliss-reactive ketones (excluding diaryl/α,β-unsaturated/α-hetero) is 1. The van der Waals surface area contributed by atoms with Gasteiger partial charge in [-0.25, -0.2) is 15.0 Å². The second-order valence-electron chi connectivity index (χ2n) is 18.1. The Labute approximate surface area is 360 Å². The Bertz CT molecular complexity index is 2060. The fourth-order valence-electron chi connectivity index (χ4n) is 10.1. The first-order chi connectivity index (χ1) is 29.0. The lowest BCUT2D eigenvalue weighted by molar-refractivity contribution is -0.144. The number of aliphatic hydroxyl groups is 1. The summed E-state index contributed by atoms with van der Waals surface area (Å²) >= 11 is 0. The van der Waals surface area contributed by atoms with Crippen LogP contribution in [0.2, 0.25) is 0 Å². The monoisotopic (exact) mass is 817 g/mol. The second kappa shape index (κ2) is 21.2. The summed E-state index contributed by atoms with van der Waals surface area (Å²) in [7, 11) is 0. The van der Waals surface area contributed by atoms with Gasteiger partial charge in [0.15, 0.2) is 5.78 Å². The van der Waals surface area contributed by atoms with Crippen LogP contribution in [-0.4, -0.2) is 52.4 Å². The molecule has 3 unspecified atom stereocenters. The number of aliphatic hydroxyl groups excluding tert-OH is 1. The quantitative estimate of drug-likeness (QED) is 0.0866. The van der Waals surface area contributed by atoms with Gasteiger partial charge in [0, 0.05) is 47.1 Å². The maximum atomic E-state index is 13.8. The largest absolute Gasteiger partial charge is 0.466 e. The van der Waals surface area contributed by atoms with Crippen molar-refractivity contribution in [2.75, 3.05) is 6.61 Å². The van der Waals surface area contributed by atoms with Crippen LogP contribution in [0, 0.1) is 11.8 Å². The van der Waals surface area contributed by atoms with Crippen molar-refractivity contribution in [3.8, 4) is 0 Å². The number of carbonyl (C=O) groups excluding carboxylic acids is 2. The number of allylic oxidation sites excluding steroid dienone is 10. The molecule has 5 aliphatic heterocycles. The molecule has 6 rings (SSSR count). The van der Waals surface area contributed by atoms with E-state index >= 15 is 0 Å². The lowest BCUT2D eigenvalue weighted by atomic mass is 9.83. The molecule has 8 nitrogen and oxygen atoms in total. The first-order valence-electron chi connectivity index (χ1n) is 23.7. The Hall–Kier alpha value is -4.04. The number of ether oxygens (including phenoxy) is 1. The molecule has 8 bridgehead atoms. The maximum absolute atomic E-state index is 13.8. The Morgan fingerprint density at radius 2 is 1.33 bits per heavy atom. The minimum absolute atomic E-state index is 0.0377. The summed E-state index contributed by atoms with van der Waals surface area (Å²) in [6, 6.07) is 0. The molecule has 1 fully saturated rings. The number of hydrogen-bond acceptors (Lipinski definition) is 8. The third-order valence-electron chi connectivity index (χ3n) is 13.7. The van der Waals surface area contributed by atoms with Crippen LogP contribution in [0.15, 0.2) is 99.5 Å². The molecule has 3 atom stereocenters. The van der Waals surface area contributed by atoms with Gasteiger partial charge in [0.05, 0.1) is 52.6 Å². The van der Waals surface area contributed by atoms with Crippen LogP contribution >= 0.6 is 0 Å². The number of nitrogens with zero attached hydrogens (tertiary/aromatic N) is 4. The van der Waals surface area contributed by atoms with Crippen LogP contribution in [0.25, 0.3) is 0 Å². The van der Waals surface area contributed by atoms with Crippen molar-refractivity contribution in [1.29, 1.82) is 0 Å². The van der Waals surface area contributed by atoms with Gasteiger partial charge >= 0.3 is 5.97 Å². The van der Waals surface area contributed by atoms with Gasteiger partial charge in [0.1, 0.15) is 0 Å². The highest BCUT2D eigenvalue weighted by Gasteiger charge is 2.43. The summed E-state index contributed by atoms with van der Waals surface area (Å²) in [5.74, 6) is -0.258. The predicted molar refractivity (Wildman–Crippen MR) is 248 cm³/mol. The molecule has 5 heterocycles. The summed E-state index contributed by atoms with van der Waals surface area (Å²) < 4.78 is 5.78. The van der Waals surface area contributed by atoms with Crippen molar-refractivity contribution in [2.45, 2.75) is 190 Å². The molecule has 0 radical (unpaired) electrons. The van der Waals surface area contributed by atoms with E-state index in [1.54, 1.807) is 6.92 Å². The molecular weight excluding hydrogens is 745 g/mol. The smallest absolute Gasteiger partial charge is 0.305 e. The van der Waals surface area contributed by atoms with Crippen molar-refractivity contribution in [3.05, 3.63) is 79.5 Å². The van der Waals surface area contributed by atoms with Crippen molar-refractivity contribution in [1.82, 2.24) is 0 Å². The van der Waals surface area contributed by atoms with Gasteiger partial charge in [-0.15, -0.1) is 0 Å². The molecule has 6 aliphatic rings. The lowest BCUT2D eigenvalue weighted by Gasteiger charge is -2.19. The fourth-order valence-corrected chi connectivity index (χ4v) is 10.1. The number of unbranched alkanes of at least 4 members (excludes halogenated alkanes) is 15. The molecule has 1 saturated carbocycles. The highest BCUT2D eigenvalue weighted by molar-refractivity contribution is 6.38. The minimum atomic E-state index is -0.727. The Morgan fingerprint density at radius 3 is 1.93 bits per heavy atom. The molecule has 0 aromatic heterocycles. The normalized spacial score (nSPS) is 21.6. The van der Waals surface area contributed by atoms with E-state index in [4.69, 9.17) is 24.7 Å². The molecule has 0 aromatic carbocycles. The number of aliphatic imine (C=N–C) groups is 4. The third-order valence-corrected chi connectivity index (χ3v) is 13.7. The van der Waals surface area contributed by atoms with E-state index < -0.39 is 6.10 Å². The molecule has 324 valence electrons. The van der Waals surface area contributed by atoms with Gasteiger partial charge < -0.3 is 9.84 Å². The summed E-state index contributed by atoms with van der Waals surface area (Å²) in [5, 5.41) is 11.0. The topological polar surface area (TPSA) is 113 Å². The zero-order valence-electron chi connectivity index (χ0n) is 38.2. The number of carbonyl (C=O) groups is 2. The number of hydrogen-bond donors (Lipinski definition) is 1. The van der Waals surface area contributed by atoms with Crippen molar-refractivity contribution in [2.24, 2.45) is 31.8 Å². The lowest BCUT2D eigenvalue weighted by Crippen LogP contribution is -2.19. The van der Waals surface area contributed by atoms with Crippen molar-refractivity contribution >= 4 is 34.6 Å². The molecule has 0 aromatic rings. The molecule has 8 heteroatoms. The number of ketones is 1. The molecule has 0 saturated heterocycles. The zero-order chi connectivity index (χ0) is 42.9. The van der Waals surface area contributed by atoms with E-state index in [0.29, 0.717) is 30.0 Å². The molecule has 60 heavy (non-hydrogen) atoms. The SMILES string of the molecule is CCCCCCCCCCCCCCCCCCOC(=O)CCC1C2=C3CC(=O)C4=C(C)C(=CC5=NC(=CC6=NC(=C(C)C(=N2)C1C)C(C)=C6C(C)O)C(C)=C5CC)N=C34. The van der Waals surface area contributed by atoms with E-state index in [2.05, 4.69) is 34.6 Å². The Morgan fingerprint density at radius 1 is 0.750 bits per heavy atom. The second-order valence-corrected chi connectivity index (χ2v) is 18.1. The molecular formula is C52H72N4O4. The van der Waals surface area contributed by atoms with Crippen LogP contribution in [0.5, 0.6) is 0 Å². The van der Waals surface area contributed by atoms with Crippen LogP contribution in [0.1, 0.15) is 184 Å². The first-order valence-corrected chi connectivity index (χ1v) is 23.7. The summed E-state index contributed by atoms with van der Waals surface area (Å²) in [6.45, 7) is 17.0. The van der Waals surface area contributed by atoms with E-state index in [9.17, 15) is 14.7 Å². The molecule has 0 amide bonds. The van der Waals surface area contributed by atoms with Crippen LogP contribution in [0.4, 0.5) is 0 Å². The van der Waals surface area contributed by atoms with E-state index in [1.807, 2.05) is 26.0 Å². The molecule has 0 spiro atoms. The maximum Gasteiger partial charge on any atom is 0.305 e. The van der Waals surface area contributed by atoms with Crippen LogP contribution < -0.4 is 0 Å². The van der Waals surface area contributed by atoms with Crippen LogP contribution in [0.3, 0.4) is 0 Å². The number of esters is 1. The number of rotatable bonds is 22. The average Bonchev–Trinajstić information content (AvgIpc) is 3.99. The highest BCUT2D eigenvalue weighted by Crippen LogP contribution is 2.46. The van der Waals surface area contributed by atoms with Gasteiger partial charge in [-0.3, -0.25) is 14.6 Å². The highest BCUT2D eigenvalue weighted by atomic mass is 16.5. The van der Waals surface area contributed by atoms with E-state index in [1.165, 1.54) is 89.9 Å². The van der Waals surface area contributed by atoms with Gasteiger partial charge in [-0.1, -0.05) is 117 Å². The molecule has 1 N–H and O–H groups in total. The van der Waals surface area contributed by atoms with Gasteiger partial charge in [0.25, 0.3) is 0 Å². The summed E-state index contributed by atoms with van der Waals surface area (Å²) in [5.41, 5.74) is 13.6. The van der Waals surface area contributed by atoms with E-state index in [0.717, 1.165) is 92.5 Å². The van der Waals surface area contributed by atoms with Crippen molar-refractivity contribution in [3.63, 3.8) is 0 Å².